The van der Waals surface area contributed by atoms with Crippen molar-refractivity contribution < 1.29 is 20.3 Å². The highest BCUT2D eigenvalue weighted by molar-refractivity contribution is 5.34. The van der Waals surface area contributed by atoms with Crippen molar-refractivity contribution in [1.29, 1.82) is 0 Å². The predicted octanol–water partition coefficient (Wildman–Crippen LogP) is -2.22. The first kappa shape index (κ1) is 14.3. The van der Waals surface area contributed by atoms with Gasteiger partial charge in [0, 0.05) is 0 Å². The lowest BCUT2D eigenvalue weighted by atomic mass is 10.0. The summed E-state index contributed by atoms with van der Waals surface area (Å²) < 4.78 is 5.51. The van der Waals surface area contributed by atoms with Gasteiger partial charge in [0.05, 0.1) is 19.2 Å². The van der Waals surface area contributed by atoms with E-state index in [0.29, 0.717) is 6.04 Å². The van der Waals surface area contributed by atoms with Gasteiger partial charge in [-0.05, 0) is 19.1 Å². The van der Waals surface area contributed by atoms with Crippen LogP contribution in [-0.4, -0.2) is 46.4 Å². The summed E-state index contributed by atoms with van der Waals surface area (Å²) in [5, 5.41) is 0. The van der Waals surface area contributed by atoms with Crippen LogP contribution in [0.15, 0.2) is 24.3 Å². The fourth-order valence-corrected chi connectivity index (χ4v) is 3.16. The summed E-state index contributed by atoms with van der Waals surface area (Å²) in [6.07, 6.45) is 0. The third kappa shape index (κ3) is 3.26. The molecule has 106 valence electrons. The third-order valence-corrected chi connectivity index (χ3v) is 4.40. The van der Waals surface area contributed by atoms with E-state index in [0.717, 1.165) is 12.3 Å². The van der Waals surface area contributed by atoms with Crippen LogP contribution in [-0.2, 0) is 0 Å². The Labute approximate surface area is 116 Å². The molecule has 1 aliphatic rings. The molecular weight excluding hydrogens is 238 g/mol. The molecule has 4 nitrogen and oxygen atoms in total. The van der Waals surface area contributed by atoms with Crippen molar-refractivity contribution in [1.82, 2.24) is 0 Å². The van der Waals surface area contributed by atoms with Gasteiger partial charge in [-0.25, -0.2) is 0 Å². The molecule has 0 amide bonds. The quantitative estimate of drug-likeness (QED) is 0.556. The second-order valence-electron chi connectivity index (χ2n) is 5.35. The summed E-state index contributed by atoms with van der Waals surface area (Å²) in [5.74, 6) is 1.01. The number of quaternary nitrogens is 3. The van der Waals surface area contributed by atoms with Crippen molar-refractivity contribution in [2.24, 2.45) is 0 Å². The largest absolute Gasteiger partial charge is 0.496 e. The zero-order chi connectivity index (χ0) is 13.7. The molecule has 1 aliphatic heterocycles. The lowest BCUT2D eigenvalue weighted by Crippen LogP contribution is -3.28. The third-order valence-electron chi connectivity index (χ3n) is 4.40. The average Bonchev–Trinajstić information content (AvgIpc) is 2.49. The standard InChI is InChI=1S/C15H25N3O/c1-3-17-8-10-18(11-9-17)14(12-16)13-6-4-5-7-15(13)19-2/h4-7,14H,3,8-12,16H2,1-2H3/p+3/t14-/m0/s1. The fourth-order valence-electron chi connectivity index (χ4n) is 3.16. The van der Waals surface area contributed by atoms with Crippen LogP contribution >= 0.6 is 0 Å². The average molecular weight is 266 g/mol. The van der Waals surface area contributed by atoms with E-state index < -0.39 is 0 Å². The molecule has 1 heterocycles. The maximum absolute atomic E-state index is 5.51. The van der Waals surface area contributed by atoms with E-state index in [-0.39, 0.29) is 0 Å². The van der Waals surface area contributed by atoms with Gasteiger partial charge in [-0.3, -0.25) is 0 Å². The van der Waals surface area contributed by atoms with Gasteiger partial charge in [-0.1, -0.05) is 12.1 Å². The first-order valence-electron chi connectivity index (χ1n) is 7.40. The maximum atomic E-state index is 5.51. The zero-order valence-corrected chi connectivity index (χ0v) is 12.2. The van der Waals surface area contributed by atoms with Gasteiger partial charge in [-0.2, -0.15) is 0 Å². The Morgan fingerprint density at radius 3 is 2.47 bits per heavy atom. The summed E-state index contributed by atoms with van der Waals surface area (Å²) in [7, 11) is 1.76. The SMILES string of the molecule is CC[NH+]1CC[NH+]([C@@H](C[NH3+])c2ccccc2OC)CC1. The maximum Gasteiger partial charge on any atom is 0.166 e. The van der Waals surface area contributed by atoms with Crippen molar-refractivity contribution in [3.63, 3.8) is 0 Å². The number of likely N-dealkylation sites (N-methyl/N-ethyl adjacent to an activating group) is 1. The number of ether oxygens (including phenoxy) is 1. The van der Waals surface area contributed by atoms with E-state index in [1.165, 1.54) is 38.3 Å². The lowest BCUT2D eigenvalue weighted by Gasteiger charge is -2.33. The molecular formula is C15H28N3O+3. The van der Waals surface area contributed by atoms with Crippen molar-refractivity contribution >= 4 is 0 Å². The summed E-state index contributed by atoms with van der Waals surface area (Å²) in [5.41, 5.74) is 5.48. The molecule has 19 heavy (non-hydrogen) atoms. The normalized spacial score (nSPS) is 25.0. The highest BCUT2D eigenvalue weighted by atomic mass is 16.5. The number of benzene rings is 1. The predicted molar refractivity (Wildman–Crippen MR) is 75.4 cm³/mol. The molecule has 0 spiro atoms. The zero-order valence-electron chi connectivity index (χ0n) is 12.2. The summed E-state index contributed by atoms with van der Waals surface area (Å²) in [6.45, 7) is 9.48. The van der Waals surface area contributed by atoms with Crippen LogP contribution in [0.2, 0.25) is 0 Å². The van der Waals surface area contributed by atoms with Crippen LogP contribution in [0.3, 0.4) is 0 Å². The van der Waals surface area contributed by atoms with Crippen molar-refractivity contribution in [3.8, 4) is 5.75 Å². The number of rotatable bonds is 5. The minimum atomic E-state index is 0.467. The Hall–Kier alpha value is -1.10. The summed E-state index contributed by atoms with van der Waals surface area (Å²) >= 11 is 0. The molecule has 0 saturated carbocycles. The second kappa shape index (κ2) is 6.89. The number of para-hydroxylation sites is 1. The van der Waals surface area contributed by atoms with Crippen LogP contribution in [0.5, 0.6) is 5.75 Å². The molecule has 0 aromatic heterocycles. The van der Waals surface area contributed by atoms with Gasteiger partial charge in [-0.15, -0.1) is 0 Å². The first-order chi connectivity index (χ1) is 9.30. The van der Waals surface area contributed by atoms with Gasteiger partial charge in [0.25, 0.3) is 0 Å². The monoisotopic (exact) mass is 266 g/mol. The molecule has 0 bridgehead atoms. The van der Waals surface area contributed by atoms with Crippen LogP contribution in [0.4, 0.5) is 0 Å². The Kier molecular flexibility index (Phi) is 5.19. The van der Waals surface area contributed by atoms with Crippen LogP contribution < -0.4 is 20.3 Å². The van der Waals surface area contributed by atoms with Crippen molar-refractivity contribution in [3.05, 3.63) is 29.8 Å². The fraction of sp³-hybridized carbons (Fsp3) is 0.600. The Morgan fingerprint density at radius 2 is 1.89 bits per heavy atom. The molecule has 1 saturated heterocycles. The van der Waals surface area contributed by atoms with E-state index >= 15 is 0 Å². The van der Waals surface area contributed by atoms with E-state index in [2.05, 4.69) is 30.9 Å². The second-order valence-corrected chi connectivity index (χ2v) is 5.35. The van der Waals surface area contributed by atoms with Gasteiger partial charge in [0.1, 0.15) is 38.5 Å². The molecule has 0 radical (unpaired) electrons. The minimum absolute atomic E-state index is 0.467. The summed E-state index contributed by atoms with van der Waals surface area (Å²) in [4.78, 5) is 3.39. The van der Waals surface area contributed by atoms with Crippen LogP contribution in [0.25, 0.3) is 0 Å². The van der Waals surface area contributed by atoms with E-state index in [1.54, 1.807) is 16.9 Å². The number of methoxy groups -OCH3 is 1. The van der Waals surface area contributed by atoms with Crippen molar-refractivity contribution in [2.75, 3.05) is 46.4 Å². The number of nitrogens with one attached hydrogen (secondary N) is 2. The molecule has 1 aromatic carbocycles. The molecule has 1 aromatic rings. The lowest BCUT2D eigenvalue weighted by molar-refractivity contribution is -1.03. The number of hydrogen-bond acceptors (Lipinski definition) is 1. The Morgan fingerprint density at radius 1 is 1.21 bits per heavy atom. The molecule has 0 unspecified atom stereocenters. The molecule has 0 aliphatic carbocycles. The van der Waals surface area contributed by atoms with Crippen molar-refractivity contribution in [2.45, 2.75) is 13.0 Å². The first-order valence-corrected chi connectivity index (χ1v) is 7.40. The topological polar surface area (TPSA) is 45.8 Å². The van der Waals surface area contributed by atoms with Crippen LogP contribution in [0.1, 0.15) is 18.5 Å². The molecule has 4 heteroatoms. The smallest absolute Gasteiger partial charge is 0.166 e. The highest BCUT2D eigenvalue weighted by Gasteiger charge is 2.31. The summed E-state index contributed by atoms with van der Waals surface area (Å²) in [6, 6.07) is 8.87. The van der Waals surface area contributed by atoms with Gasteiger partial charge in [0.15, 0.2) is 6.04 Å². The Balaban J connectivity index is 2.12. The van der Waals surface area contributed by atoms with E-state index in [9.17, 15) is 0 Å². The number of piperazine rings is 1. The van der Waals surface area contributed by atoms with Crippen LogP contribution in [0, 0.1) is 0 Å². The molecule has 2 rings (SSSR count). The van der Waals surface area contributed by atoms with Gasteiger partial charge in [0.2, 0.25) is 0 Å². The minimum Gasteiger partial charge on any atom is -0.496 e. The Bertz CT molecular complexity index is 389. The van der Waals surface area contributed by atoms with Gasteiger partial charge < -0.3 is 20.3 Å². The molecule has 1 fully saturated rings. The molecule has 5 N–H and O–H groups in total. The van der Waals surface area contributed by atoms with E-state index in [4.69, 9.17) is 4.74 Å². The van der Waals surface area contributed by atoms with Gasteiger partial charge >= 0.3 is 0 Å². The molecule has 1 atom stereocenters. The highest BCUT2D eigenvalue weighted by Crippen LogP contribution is 2.22. The van der Waals surface area contributed by atoms with E-state index in [1.807, 2.05) is 6.07 Å². The number of hydrogen-bond donors (Lipinski definition) is 3.